The number of carbonyl (C=O) groups excluding carboxylic acids is 1. The smallest absolute Gasteiger partial charge is 0.224 e. The normalized spacial score (nSPS) is 12.5. The van der Waals surface area contributed by atoms with Crippen LogP contribution < -0.4 is 0 Å². The molecule has 1 amide bonds. The lowest BCUT2D eigenvalue weighted by Crippen LogP contribution is -2.36. The van der Waals surface area contributed by atoms with Crippen molar-refractivity contribution in [3.05, 3.63) is 12.7 Å². The van der Waals surface area contributed by atoms with Crippen molar-refractivity contribution in [2.75, 3.05) is 39.5 Å². The Kier molecular flexibility index (Phi) is 11.1. The van der Waals surface area contributed by atoms with Gasteiger partial charge in [0.2, 0.25) is 5.91 Å². The second-order valence-electron chi connectivity index (χ2n) is 5.09. The zero-order chi connectivity index (χ0) is 14.7. The predicted octanol–water partition coefficient (Wildman–Crippen LogP) is 2.87. The highest BCUT2D eigenvalue weighted by Gasteiger charge is 2.18. The van der Waals surface area contributed by atoms with Gasteiger partial charge in [-0.25, -0.2) is 0 Å². The Bertz CT molecular complexity index is 257. The van der Waals surface area contributed by atoms with Gasteiger partial charge in [0.15, 0.2) is 0 Å². The zero-order valence-electron chi connectivity index (χ0n) is 13.0. The van der Waals surface area contributed by atoms with Crippen molar-refractivity contribution in [1.29, 1.82) is 0 Å². The van der Waals surface area contributed by atoms with Gasteiger partial charge in [0.1, 0.15) is 0 Å². The van der Waals surface area contributed by atoms with Crippen LogP contribution in [0.25, 0.3) is 0 Å². The van der Waals surface area contributed by atoms with Gasteiger partial charge in [0.05, 0.1) is 0 Å². The van der Waals surface area contributed by atoms with Gasteiger partial charge in [-0.2, -0.15) is 11.8 Å². The molecule has 19 heavy (non-hydrogen) atoms. The molecule has 0 radical (unpaired) electrons. The third-order valence-corrected chi connectivity index (χ3v) is 4.16. The minimum Gasteiger partial charge on any atom is -0.339 e. The lowest BCUT2D eigenvalue weighted by molar-refractivity contribution is -0.130. The average molecular weight is 286 g/mol. The molecule has 0 aromatic carbocycles. The van der Waals surface area contributed by atoms with Crippen LogP contribution in [-0.2, 0) is 4.79 Å². The van der Waals surface area contributed by atoms with E-state index in [4.69, 9.17) is 0 Å². The van der Waals surface area contributed by atoms with E-state index in [9.17, 15) is 4.79 Å². The van der Waals surface area contributed by atoms with Crippen LogP contribution in [0.5, 0.6) is 0 Å². The maximum absolute atomic E-state index is 12.3. The second kappa shape index (κ2) is 11.4. The Morgan fingerprint density at radius 3 is 2.47 bits per heavy atom. The van der Waals surface area contributed by atoms with Crippen molar-refractivity contribution in [2.45, 2.75) is 38.4 Å². The number of amides is 1. The summed E-state index contributed by atoms with van der Waals surface area (Å²) in [5.74, 6) is 1.39. The van der Waals surface area contributed by atoms with E-state index in [0.29, 0.717) is 18.2 Å². The van der Waals surface area contributed by atoms with Crippen molar-refractivity contribution in [1.82, 2.24) is 9.80 Å². The van der Waals surface area contributed by atoms with Gasteiger partial charge in [0.25, 0.3) is 0 Å². The van der Waals surface area contributed by atoms with Crippen LogP contribution in [0, 0.1) is 0 Å². The molecular formula is C15H30N2OS. The number of thioether (sulfide) groups is 1. The second-order valence-corrected chi connectivity index (χ2v) is 6.50. The van der Waals surface area contributed by atoms with Crippen LogP contribution in [0.2, 0.25) is 0 Å². The Labute approximate surface area is 123 Å². The molecule has 0 bridgehead atoms. The Morgan fingerprint density at radius 2 is 2.00 bits per heavy atom. The van der Waals surface area contributed by atoms with Crippen molar-refractivity contribution in [3.63, 3.8) is 0 Å². The molecule has 0 fully saturated rings. The molecule has 0 saturated heterocycles. The first-order valence-electron chi connectivity index (χ1n) is 7.20. The first kappa shape index (κ1) is 18.5. The fraction of sp³-hybridized carbons (Fsp3) is 0.800. The molecule has 4 heteroatoms. The summed E-state index contributed by atoms with van der Waals surface area (Å²) < 4.78 is 0. The first-order chi connectivity index (χ1) is 9.04. The van der Waals surface area contributed by atoms with E-state index in [2.05, 4.69) is 39.4 Å². The number of hydrogen-bond acceptors (Lipinski definition) is 3. The fourth-order valence-electron chi connectivity index (χ4n) is 1.94. The SMILES string of the molecule is C=CCN(CCC)C(=O)CC(CN(C)C)SCCC. The summed E-state index contributed by atoms with van der Waals surface area (Å²) in [6, 6.07) is 0. The highest BCUT2D eigenvalue weighted by molar-refractivity contribution is 7.99. The number of carbonyl (C=O) groups is 1. The minimum atomic E-state index is 0.261. The van der Waals surface area contributed by atoms with E-state index in [1.54, 1.807) is 0 Å². The molecule has 1 atom stereocenters. The molecule has 1 unspecified atom stereocenters. The van der Waals surface area contributed by atoms with E-state index in [-0.39, 0.29) is 5.91 Å². The minimum absolute atomic E-state index is 0.261. The highest BCUT2D eigenvalue weighted by Crippen LogP contribution is 2.18. The molecular weight excluding hydrogens is 256 g/mol. The van der Waals surface area contributed by atoms with Gasteiger partial charge in [0, 0.05) is 31.3 Å². The highest BCUT2D eigenvalue weighted by atomic mass is 32.2. The molecule has 0 rings (SSSR count). The van der Waals surface area contributed by atoms with Gasteiger partial charge in [-0.3, -0.25) is 4.79 Å². The molecule has 0 aromatic rings. The van der Waals surface area contributed by atoms with Crippen LogP contribution >= 0.6 is 11.8 Å². The van der Waals surface area contributed by atoms with Crippen molar-refractivity contribution < 1.29 is 4.79 Å². The summed E-state index contributed by atoms with van der Waals surface area (Å²) in [4.78, 5) is 16.4. The summed E-state index contributed by atoms with van der Waals surface area (Å²) in [6.45, 7) is 10.5. The lowest BCUT2D eigenvalue weighted by atomic mass is 10.2. The topological polar surface area (TPSA) is 23.6 Å². The summed E-state index contributed by atoms with van der Waals surface area (Å²) in [7, 11) is 4.13. The number of nitrogens with zero attached hydrogens (tertiary/aromatic N) is 2. The fourth-order valence-corrected chi connectivity index (χ4v) is 3.17. The standard InChI is InChI=1S/C15H30N2OS/c1-6-9-17(10-7-2)15(18)12-14(13-16(4)5)19-11-8-3/h6,14H,1,7-13H2,2-5H3. The molecule has 0 aliphatic rings. The maximum atomic E-state index is 12.3. The van der Waals surface area contributed by atoms with Crippen LogP contribution in [0.4, 0.5) is 0 Å². The summed E-state index contributed by atoms with van der Waals surface area (Å²) >= 11 is 1.92. The van der Waals surface area contributed by atoms with Gasteiger partial charge >= 0.3 is 0 Å². The van der Waals surface area contributed by atoms with E-state index in [0.717, 1.165) is 31.7 Å². The lowest BCUT2D eigenvalue weighted by Gasteiger charge is -2.25. The van der Waals surface area contributed by atoms with Crippen molar-refractivity contribution in [3.8, 4) is 0 Å². The van der Waals surface area contributed by atoms with E-state index < -0.39 is 0 Å². The monoisotopic (exact) mass is 286 g/mol. The molecule has 3 nitrogen and oxygen atoms in total. The molecule has 0 aliphatic heterocycles. The van der Waals surface area contributed by atoms with Crippen molar-refractivity contribution in [2.24, 2.45) is 0 Å². The van der Waals surface area contributed by atoms with Crippen LogP contribution in [0.15, 0.2) is 12.7 Å². The quantitative estimate of drug-likeness (QED) is 0.546. The largest absolute Gasteiger partial charge is 0.339 e. The molecule has 0 spiro atoms. The van der Waals surface area contributed by atoms with Gasteiger partial charge < -0.3 is 9.80 Å². The summed E-state index contributed by atoms with van der Waals surface area (Å²) in [6.07, 6.45) is 4.61. The van der Waals surface area contributed by atoms with Gasteiger partial charge in [-0.1, -0.05) is 19.9 Å². The molecule has 0 aliphatic carbocycles. The molecule has 0 aromatic heterocycles. The van der Waals surface area contributed by atoms with Crippen LogP contribution in [0.1, 0.15) is 33.1 Å². The van der Waals surface area contributed by atoms with Crippen LogP contribution in [0.3, 0.4) is 0 Å². The number of rotatable bonds is 11. The van der Waals surface area contributed by atoms with E-state index in [1.165, 1.54) is 0 Å². The van der Waals surface area contributed by atoms with E-state index >= 15 is 0 Å². The average Bonchev–Trinajstić information content (AvgIpc) is 2.35. The number of hydrogen-bond donors (Lipinski definition) is 0. The summed E-state index contributed by atoms with van der Waals surface area (Å²) in [5, 5.41) is 0.395. The maximum Gasteiger partial charge on any atom is 0.224 e. The predicted molar refractivity (Wildman–Crippen MR) is 86.8 cm³/mol. The molecule has 0 N–H and O–H groups in total. The Hall–Kier alpha value is -0.480. The van der Waals surface area contributed by atoms with Gasteiger partial charge in [-0.05, 0) is 32.7 Å². The van der Waals surface area contributed by atoms with Gasteiger partial charge in [-0.15, -0.1) is 6.58 Å². The molecule has 0 saturated carbocycles. The van der Waals surface area contributed by atoms with E-state index in [1.807, 2.05) is 22.7 Å². The Balaban J connectivity index is 4.42. The zero-order valence-corrected chi connectivity index (χ0v) is 13.8. The molecule has 0 heterocycles. The third kappa shape index (κ3) is 9.11. The first-order valence-corrected chi connectivity index (χ1v) is 8.24. The van der Waals surface area contributed by atoms with Crippen LogP contribution in [-0.4, -0.2) is 60.4 Å². The molecule has 112 valence electrons. The Morgan fingerprint density at radius 1 is 1.32 bits per heavy atom. The summed E-state index contributed by atoms with van der Waals surface area (Å²) in [5.41, 5.74) is 0. The van der Waals surface area contributed by atoms with Crippen molar-refractivity contribution >= 4 is 17.7 Å². The third-order valence-electron chi connectivity index (χ3n) is 2.72.